The Hall–Kier alpha value is -3.84. The minimum atomic E-state index is -1.13. The van der Waals surface area contributed by atoms with E-state index >= 15 is 0 Å². The topological polar surface area (TPSA) is 184 Å². The van der Waals surface area contributed by atoms with Crippen LogP contribution < -0.4 is 16.0 Å². The number of methoxy groups -OCH3 is 2. The quantitative estimate of drug-likeness (QED) is 0.167. The van der Waals surface area contributed by atoms with Gasteiger partial charge < -0.3 is 50.6 Å². The lowest BCUT2D eigenvalue weighted by molar-refractivity contribution is -0.112. The maximum atomic E-state index is 13.1. The Morgan fingerprint density at radius 3 is 2.44 bits per heavy atom. The summed E-state index contributed by atoms with van der Waals surface area (Å²) in [4.78, 5) is 26.8. The Labute approximate surface area is 251 Å². The number of nitrogens with one attached hydrogen (secondary N) is 1. The van der Waals surface area contributed by atoms with Crippen LogP contribution in [-0.4, -0.2) is 90.8 Å². The molecule has 2 bridgehead atoms. The Balaban J connectivity index is 2.18. The van der Waals surface area contributed by atoms with Gasteiger partial charge in [-0.25, -0.2) is 4.79 Å². The molecule has 2 aliphatic rings. The molecule has 0 aliphatic carbocycles. The summed E-state index contributed by atoms with van der Waals surface area (Å²) in [5.74, 6) is -1.42. The van der Waals surface area contributed by atoms with Gasteiger partial charge in [-0.15, -0.1) is 0 Å². The van der Waals surface area contributed by atoms with Crippen LogP contribution in [0.2, 0.25) is 0 Å². The van der Waals surface area contributed by atoms with Gasteiger partial charge in [0.1, 0.15) is 17.6 Å². The molecule has 5 atom stereocenters. The number of amides is 2. The molecule has 0 radical (unpaired) electrons. The molecule has 1 fully saturated rings. The summed E-state index contributed by atoms with van der Waals surface area (Å²) in [6, 6.07) is 1.32. The largest absolute Gasteiger partial charge is 0.506 e. The third-order valence-corrected chi connectivity index (χ3v) is 7.69. The van der Waals surface area contributed by atoms with Gasteiger partial charge in [0, 0.05) is 50.4 Å². The summed E-state index contributed by atoms with van der Waals surface area (Å²) in [6.45, 7) is 5.98. The van der Waals surface area contributed by atoms with Crippen LogP contribution in [-0.2, 0) is 19.0 Å². The van der Waals surface area contributed by atoms with E-state index in [2.05, 4.69) is 5.32 Å². The highest BCUT2D eigenvalue weighted by molar-refractivity contribution is 6.05. The number of primary amides is 1. The van der Waals surface area contributed by atoms with Gasteiger partial charge in [-0.05, 0) is 38.3 Å². The number of hydrogen-bond donors (Lipinski definition) is 6. The van der Waals surface area contributed by atoms with Crippen LogP contribution >= 0.6 is 0 Å². The first-order chi connectivity index (χ1) is 20.4. The molecule has 1 saturated heterocycles. The molecular formula is C31H43N3O9. The molecule has 12 heteroatoms. The zero-order valence-electron chi connectivity index (χ0n) is 25.2. The number of nitrogens with zero attached hydrogens (tertiary/aromatic N) is 1. The summed E-state index contributed by atoms with van der Waals surface area (Å²) in [6.07, 6.45) is 4.10. The van der Waals surface area contributed by atoms with Crippen LogP contribution in [0.1, 0.15) is 39.2 Å². The van der Waals surface area contributed by atoms with Crippen molar-refractivity contribution >= 4 is 29.5 Å². The summed E-state index contributed by atoms with van der Waals surface area (Å²) >= 11 is 0. The first-order valence-electron chi connectivity index (χ1n) is 14.1. The minimum absolute atomic E-state index is 0.0268. The van der Waals surface area contributed by atoms with Crippen molar-refractivity contribution < 1.29 is 44.2 Å². The number of rotatable bonds is 5. The van der Waals surface area contributed by atoms with Gasteiger partial charge in [0.2, 0.25) is 0 Å². The zero-order chi connectivity index (χ0) is 31.8. The van der Waals surface area contributed by atoms with Gasteiger partial charge >= 0.3 is 6.09 Å². The monoisotopic (exact) mass is 601 g/mol. The average molecular weight is 602 g/mol. The maximum Gasteiger partial charge on any atom is 0.405 e. The fourth-order valence-corrected chi connectivity index (χ4v) is 5.14. The van der Waals surface area contributed by atoms with Crippen LogP contribution in [0, 0.1) is 5.92 Å². The molecule has 2 amide bonds. The lowest BCUT2D eigenvalue weighted by Gasteiger charge is -2.35. The smallest absolute Gasteiger partial charge is 0.405 e. The lowest BCUT2D eigenvalue weighted by atomic mass is 9.91. The molecule has 0 spiro atoms. The Bertz CT molecular complexity index is 1300. The number of fused-ring (bicyclic) bond motifs is 2. The lowest BCUT2D eigenvalue weighted by Crippen LogP contribution is -2.38. The zero-order valence-corrected chi connectivity index (χ0v) is 25.2. The molecule has 0 unspecified atom stereocenters. The molecule has 2 heterocycles. The standard InChI is InChI=1S/C31H43N3O9/c1-17-12-21-26(34-10-7-11-34)23(36)15-22(28(21)38)33-30(39)18(2)8-6-9-24(41-4)29(43-31(32)40)20(16-35)14-19(3)27(37)25(13-17)42-5/h6,8-9,12,14-15,19,24-25,27,29,35-38H,7,10-11,13,16H2,1-5H3,(H2,32,40)(H,33,39)/t19-,24-,25-,27+,29-/m0/s1. The highest BCUT2D eigenvalue weighted by atomic mass is 16.6. The Morgan fingerprint density at radius 2 is 1.88 bits per heavy atom. The van der Waals surface area contributed by atoms with E-state index in [1.807, 2.05) is 4.90 Å². The van der Waals surface area contributed by atoms with Crippen molar-refractivity contribution in [3.8, 4) is 11.5 Å². The molecule has 12 nitrogen and oxygen atoms in total. The van der Waals surface area contributed by atoms with E-state index in [-0.39, 0.29) is 34.8 Å². The molecule has 1 aromatic rings. The van der Waals surface area contributed by atoms with Gasteiger partial charge in [-0.1, -0.05) is 36.8 Å². The third-order valence-electron chi connectivity index (χ3n) is 7.69. The van der Waals surface area contributed by atoms with Crippen molar-refractivity contribution in [2.45, 2.75) is 58.0 Å². The van der Waals surface area contributed by atoms with Gasteiger partial charge in [-0.3, -0.25) is 4.79 Å². The number of nitrogens with two attached hydrogens (primary N) is 1. The van der Waals surface area contributed by atoms with Crippen LogP contribution in [0.4, 0.5) is 16.2 Å². The van der Waals surface area contributed by atoms with E-state index in [0.29, 0.717) is 24.3 Å². The number of phenols is 2. The second-order valence-corrected chi connectivity index (χ2v) is 10.9. The van der Waals surface area contributed by atoms with Crippen molar-refractivity contribution in [3.63, 3.8) is 0 Å². The summed E-state index contributed by atoms with van der Waals surface area (Å²) in [7, 11) is 2.84. The summed E-state index contributed by atoms with van der Waals surface area (Å²) < 4.78 is 16.5. The van der Waals surface area contributed by atoms with E-state index in [0.717, 1.165) is 12.0 Å². The molecule has 3 rings (SSSR count). The maximum absolute atomic E-state index is 13.1. The highest BCUT2D eigenvalue weighted by Crippen LogP contribution is 2.45. The molecule has 7 N–H and O–H groups in total. The minimum Gasteiger partial charge on any atom is -0.506 e. The van der Waals surface area contributed by atoms with Gasteiger partial charge in [-0.2, -0.15) is 0 Å². The number of aliphatic hydroxyl groups excluding tert-OH is 2. The van der Waals surface area contributed by atoms with Crippen LogP contribution in [0.3, 0.4) is 0 Å². The Morgan fingerprint density at radius 1 is 1.19 bits per heavy atom. The molecule has 43 heavy (non-hydrogen) atoms. The molecule has 0 aromatic heterocycles. The van der Waals surface area contributed by atoms with Crippen molar-refractivity contribution in [2.24, 2.45) is 11.7 Å². The predicted molar refractivity (Wildman–Crippen MR) is 163 cm³/mol. The van der Waals surface area contributed by atoms with Crippen molar-refractivity contribution in [2.75, 3.05) is 44.1 Å². The molecule has 0 saturated carbocycles. The van der Waals surface area contributed by atoms with Gasteiger partial charge in [0.25, 0.3) is 5.91 Å². The molecular weight excluding hydrogens is 558 g/mol. The number of hydrogen-bond acceptors (Lipinski definition) is 10. The van der Waals surface area contributed by atoms with Gasteiger partial charge in [0.15, 0.2) is 6.10 Å². The number of anilines is 2. The first-order valence-corrected chi connectivity index (χ1v) is 14.1. The number of carbonyl (C=O) groups excluding carboxylic acids is 2. The molecule has 1 aromatic carbocycles. The number of aliphatic hydroxyl groups is 2. The van der Waals surface area contributed by atoms with E-state index in [9.17, 15) is 30.0 Å². The SMILES string of the molecule is CO[C@H]1C=CC=C(C)C(=O)Nc2cc(O)c(N3CCC3)c(c2O)C=C(C)C[C@H](OC)[C@H](O)[C@@H](C)C=C(CO)[C@@H]1OC(N)=O. The highest BCUT2D eigenvalue weighted by Gasteiger charge is 2.31. The van der Waals surface area contributed by atoms with Crippen LogP contribution in [0.15, 0.2) is 47.1 Å². The number of aromatic hydroxyl groups is 2. The number of allylic oxidation sites excluding steroid dienone is 2. The van der Waals surface area contributed by atoms with Crippen molar-refractivity contribution in [3.05, 3.63) is 52.7 Å². The van der Waals surface area contributed by atoms with E-state index in [1.165, 1.54) is 38.5 Å². The van der Waals surface area contributed by atoms with E-state index < -0.39 is 48.9 Å². The van der Waals surface area contributed by atoms with Crippen molar-refractivity contribution in [1.29, 1.82) is 0 Å². The fraction of sp³-hybridized carbons (Fsp3) is 0.484. The number of benzene rings is 1. The van der Waals surface area contributed by atoms with Gasteiger partial charge in [0.05, 0.1) is 30.2 Å². The fourth-order valence-electron chi connectivity index (χ4n) is 5.14. The average Bonchev–Trinajstić information content (AvgIpc) is 2.93. The Kier molecular flexibility index (Phi) is 11.8. The second kappa shape index (κ2) is 15.1. The summed E-state index contributed by atoms with van der Waals surface area (Å²) in [5, 5.41) is 46.4. The first kappa shape index (κ1) is 33.7. The molecule has 236 valence electrons. The van der Waals surface area contributed by atoms with Crippen LogP contribution in [0.25, 0.3) is 6.08 Å². The van der Waals surface area contributed by atoms with Crippen molar-refractivity contribution in [1.82, 2.24) is 0 Å². The second-order valence-electron chi connectivity index (χ2n) is 10.9. The van der Waals surface area contributed by atoms with E-state index in [1.54, 1.807) is 32.9 Å². The number of ether oxygens (including phenoxy) is 3. The van der Waals surface area contributed by atoms with E-state index in [4.69, 9.17) is 19.9 Å². The number of phenolic OH excluding ortho intramolecular Hbond substituents is 2. The normalized spacial score (nSPS) is 25.7. The predicted octanol–water partition coefficient (Wildman–Crippen LogP) is 2.97. The summed E-state index contributed by atoms with van der Waals surface area (Å²) in [5.41, 5.74) is 7.36. The number of carbonyl (C=O) groups is 2. The molecule has 2 aliphatic heterocycles. The van der Waals surface area contributed by atoms with Crippen LogP contribution in [0.5, 0.6) is 11.5 Å². The third kappa shape index (κ3) is 8.17.